The van der Waals surface area contributed by atoms with E-state index in [0.29, 0.717) is 38.8 Å². The summed E-state index contributed by atoms with van der Waals surface area (Å²) >= 11 is 0. The van der Waals surface area contributed by atoms with E-state index in [1.54, 1.807) is 36.0 Å². The van der Waals surface area contributed by atoms with Gasteiger partial charge in [0.1, 0.15) is 0 Å². The monoisotopic (exact) mass is 816 g/mol. The molecule has 0 aliphatic carbocycles. The van der Waals surface area contributed by atoms with E-state index >= 15 is 0 Å². The van der Waals surface area contributed by atoms with Crippen molar-refractivity contribution in [3.05, 3.63) is 24.3 Å². The zero-order valence-electron chi connectivity index (χ0n) is 34.2. The van der Waals surface area contributed by atoms with Crippen LogP contribution < -0.4 is 0 Å². The summed E-state index contributed by atoms with van der Waals surface area (Å²) in [5.74, 6) is -0.850. The number of hydrogen-bond acceptors (Lipinski definition) is 8. The predicted octanol–water partition coefficient (Wildman–Crippen LogP) is 8.89. The average Bonchev–Trinajstić information content (AvgIpc) is 3.08. The van der Waals surface area contributed by atoms with E-state index in [1.807, 2.05) is 12.2 Å². The Balaban J connectivity index is -0.000000926. The molecule has 0 aliphatic rings. The molecule has 0 aromatic carbocycles. The molecule has 0 unspecified atom stereocenters. The van der Waals surface area contributed by atoms with Crippen LogP contribution in [-0.4, -0.2) is 124 Å². The van der Waals surface area contributed by atoms with Crippen LogP contribution in [0.25, 0.3) is 0 Å². The van der Waals surface area contributed by atoms with Crippen LogP contribution in [0.3, 0.4) is 0 Å². The van der Waals surface area contributed by atoms with Crippen LogP contribution in [0, 0.1) is 0 Å². The summed E-state index contributed by atoms with van der Waals surface area (Å²) in [6.45, 7) is 5.42. The molecule has 0 aromatic heterocycles. The molecule has 0 heterocycles. The molecule has 13 heteroatoms. The largest absolute Gasteiger partial charge is 2.00 e. The number of likely N-dealkylation sites (N-methyl/N-ethyl adjacent to an activating group) is 2. The first-order valence-corrected chi connectivity index (χ1v) is 23.6. The normalized spacial score (nSPS) is 11.7. The second kappa shape index (κ2) is 39.7. The van der Waals surface area contributed by atoms with E-state index in [1.165, 1.54) is 116 Å². The Bertz CT molecular complexity index is 1040. The Morgan fingerprint density at radius 2 is 0.717 bits per heavy atom. The fourth-order valence-electron chi connectivity index (χ4n) is 5.60. The Morgan fingerprint density at radius 1 is 0.453 bits per heavy atom. The fourth-order valence-corrected chi connectivity index (χ4v) is 6.71. The minimum Gasteiger partial charge on any atom is -0.748 e. The Labute approximate surface area is 356 Å². The van der Waals surface area contributed by atoms with Crippen LogP contribution in [0.15, 0.2) is 24.3 Å². The van der Waals surface area contributed by atoms with E-state index in [4.69, 9.17) is 0 Å². The van der Waals surface area contributed by atoms with E-state index in [2.05, 4.69) is 13.8 Å². The van der Waals surface area contributed by atoms with E-state index in [9.17, 15) is 35.5 Å². The van der Waals surface area contributed by atoms with Crippen molar-refractivity contribution in [2.45, 2.75) is 181 Å². The van der Waals surface area contributed by atoms with Gasteiger partial charge in [-0.05, 0) is 63.5 Å². The first-order chi connectivity index (χ1) is 24.7. The number of unbranched alkanes of at least 4 members (excludes halogenated alkanes) is 22. The zero-order chi connectivity index (χ0) is 39.4. The first-order valence-electron chi connectivity index (χ1n) is 20.4. The molecule has 0 aliphatic heterocycles. The first kappa shape index (κ1) is 56.8. The van der Waals surface area contributed by atoms with Crippen molar-refractivity contribution in [2.24, 2.45) is 0 Å². The van der Waals surface area contributed by atoms with Gasteiger partial charge in [-0.15, -0.1) is 0 Å². The zero-order valence-corrected chi connectivity index (χ0v) is 38.0. The Kier molecular flexibility index (Phi) is 42.6. The smallest absolute Gasteiger partial charge is 0.748 e. The second-order valence-corrected chi connectivity index (χ2v) is 17.3. The van der Waals surface area contributed by atoms with Gasteiger partial charge in [0.15, 0.2) is 0 Å². The van der Waals surface area contributed by atoms with Gasteiger partial charge >= 0.3 is 37.7 Å². The van der Waals surface area contributed by atoms with Crippen LogP contribution in [0.2, 0.25) is 0 Å². The van der Waals surface area contributed by atoms with Gasteiger partial charge in [-0.3, -0.25) is 9.59 Å². The molecule has 0 N–H and O–H groups in total. The van der Waals surface area contributed by atoms with Gasteiger partial charge in [0.25, 0.3) is 0 Å². The molecule has 0 rings (SSSR count). The van der Waals surface area contributed by atoms with Gasteiger partial charge in [0, 0.05) is 38.7 Å². The quantitative estimate of drug-likeness (QED) is 0.0270. The van der Waals surface area contributed by atoms with Crippen LogP contribution in [0.5, 0.6) is 0 Å². The van der Waals surface area contributed by atoms with Crippen molar-refractivity contribution in [1.29, 1.82) is 0 Å². The molecule has 0 radical (unpaired) electrons. The summed E-state index contributed by atoms with van der Waals surface area (Å²) in [7, 11) is -4.90. The van der Waals surface area contributed by atoms with Crippen LogP contribution in [0.4, 0.5) is 0 Å². The molecule has 0 atom stereocenters. The van der Waals surface area contributed by atoms with Crippen LogP contribution in [-0.2, 0) is 29.8 Å². The van der Waals surface area contributed by atoms with Gasteiger partial charge < -0.3 is 18.9 Å². The van der Waals surface area contributed by atoms with Gasteiger partial charge in [0.2, 0.25) is 11.8 Å². The minimum atomic E-state index is -4.14. The van der Waals surface area contributed by atoms with E-state index in [-0.39, 0.29) is 61.1 Å². The number of carbonyl (C=O) groups is 2. The number of hydrogen-bond donors (Lipinski definition) is 0. The van der Waals surface area contributed by atoms with Gasteiger partial charge in [0.05, 0.1) is 20.2 Å². The summed E-state index contributed by atoms with van der Waals surface area (Å²) < 4.78 is 63.0. The molecule has 2 amide bonds. The van der Waals surface area contributed by atoms with Crippen molar-refractivity contribution < 1.29 is 35.5 Å². The third-order valence-electron chi connectivity index (χ3n) is 9.00. The van der Waals surface area contributed by atoms with Crippen LogP contribution in [0.1, 0.15) is 181 Å². The molecule has 10 nitrogen and oxygen atoms in total. The number of amides is 2. The van der Waals surface area contributed by atoms with Crippen molar-refractivity contribution in [3.8, 4) is 0 Å². The third-order valence-corrected chi connectivity index (χ3v) is 10.6. The summed E-state index contributed by atoms with van der Waals surface area (Å²) in [5, 5.41) is 0. The van der Waals surface area contributed by atoms with Crippen molar-refractivity contribution in [1.82, 2.24) is 9.80 Å². The standard InChI is InChI=1S/2C20H39NO4S.Ca/c2*1-3-4-5-6-7-8-9-10-11-12-13-14-17-20(22)21(2)18-15-16-19-26(23,24)25;/h2*14,17H,3-13,15-16,18-19H2,1-2H3,(H,23,24,25);/q;;+2/p-2/b2*17-14+;. The predicted molar refractivity (Wildman–Crippen MR) is 220 cm³/mol. The van der Waals surface area contributed by atoms with Crippen molar-refractivity contribution in [3.63, 3.8) is 0 Å². The molecule has 308 valence electrons. The molecule has 0 spiro atoms. The Hall–Kier alpha value is -0.500. The topological polar surface area (TPSA) is 155 Å². The number of carbonyl (C=O) groups excluding carboxylic acids is 2. The molecule has 0 saturated heterocycles. The maximum absolute atomic E-state index is 11.9. The summed E-state index contributed by atoms with van der Waals surface area (Å²) in [6, 6.07) is 0. The second-order valence-electron chi connectivity index (χ2n) is 14.2. The molecule has 0 fully saturated rings. The SMILES string of the molecule is CCCCCCCCCCCC/C=C/C(=O)N(C)CCCCS(=O)(=O)[O-].CCCCCCCCCCCC/C=C/C(=O)N(C)CCCCS(=O)(=O)[O-].[Ca+2]. The summed E-state index contributed by atoms with van der Waals surface area (Å²) in [4.78, 5) is 26.9. The maximum Gasteiger partial charge on any atom is 2.00 e. The van der Waals surface area contributed by atoms with Gasteiger partial charge in [-0.2, -0.15) is 0 Å². The van der Waals surface area contributed by atoms with Crippen LogP contribution >= 0.6 is 0 Å². The Morgan fingerprint density at radius 3 is 0.981 bits per heavy atom. The van der Waals surface area contributed by atoms with E-state index < -0.39 is 20.2 Å². The molecule has 0 bridgehead atoms. The maximum atomic E-state index is 11.9. The summed E-state index contributed by atoms with van der Waals surface area (Å²) in [5.41, 5.74) is 0. The third kappa shape index (κ3) is 47.6. The number of nitrogens with zero attached hydrogens (tertiary/aromatic N) is 2. The molecule has 0 aromatic rings. The number of rotatable bonds is 34. The van der Waals surface area contributed by atoms with Gasteiger partial charge in [-0.1, -0.05) is 142 Å². The van der Waals surface area contributed by atoms with E-state index in [0.717, 1.165) is 25.7 Å². The van der Waals surface area contributed by atoms with Crippen molar-refractivity contribution in [2.75, 3.05) is 38.7 Å². The molecular formula is C40H76CaN2O8S2. The molecule has 53 heavy (non-hydrogen) atoms. The minimum absolute atomic E-state index is 0. The fraction of sp³-hybridized carbons (Fsp3) is 0.850. The summed E-state index contributed by atoms with van der Waals surface area (Å²) in [6.07, 6.45) is 36.6. The molecule has 0 saturated carbocycles. The molecular weight excluding hydrogens is 741 g/mol. The van der Waals surface area contributed by atoms with Crippen molar-refractivity contribution >= 4 is 69.8 Å². The average molecular weight is 817 g/mol. The number of allylic oxidation sites excluding steroid dienone is 2. The van der Waals surface area contributed by atoms with Gasteiger partial charge in [-0.25, -0.2) is 16.8 Å².